The highest BCUT2D eigenvalue weighted by atomic mass is 16.1. The summed E-state index contributed by atoms with van der Waals surface area (Å²) >= 11 is 0. The van der Waals surface area contributed by atoms with Gasteiger partial charge in [-0.3, -0.25) is 4.79 Å². The van der Waals surface area contributed by atoms with Crippen LogP contribution in [0.4, 0.5) is 5.69 Å². The third kappa shape index (κ3) is 3.50. The molecular formula is C35H42N4O. The quantitative estimate of drug-likeness (QED) is 0.340. The fourth-order valence-corrected chi connectivity index (χ4v) is 9.69. The van der Waals surface area contributed by atoms with Crippen molar-refractivity contribution in [2.45, 2.75) is 84.1 Å². The minimum absolute atomic E-state index is 0.108. The SMILES string of the molecule is CC1CCC2C(C)(C)C2(C(=O)C2(c3ccc4c(c3)nc(CNc3ccc(C#N)cc3)n4C)CC2)C1C1CCCC1. The molecule has 3 aromatic rings. The summed E-state index contributed by atoms with van der Waals surface area (Å²) in [5, 5.41) is 12.5. The molecule has 0 radical (unpaired) electrons. The lowest BCUT2D eigenvalue weighted by Gasteiger charge is -2.43. The van der Waals surface area contributed by atoms with Gasteiger partial charge in [0, 0.05) is 18.2 Å². The number of hydrogen-bond acceptors (Lipinski definition) is 4. The molecule has 1 heterocycles. The first-order chi connectivity index (χ1) is 19.2. The van der Waals surface area contributed by atoms with E-state index < -0.39 is 0 Å². The Labute approximate surface area is 238 Å². The van der Waals surface area contributed by atoms with E-state index in [2.05, 4.69) is 62.0 Å². The Kier molecular flexibility index (Phi) is 5.77. The fourth-order valence-electron chi connectivity index (χ4n) is 9.69. The van der Waals surface area contributed by atoms with Gasteiger partial charge in [0.1, 0.15) is 5.82 Å². The lowest BCUT2D eigenvalue weighted by atomic mass is 9.60. The van der Waals surface area contributed by atoms with Gasteiger partial charge >= 0.3 is 0 Å². The molecule has 208 valence electrons. The predicted molar refractivity (Wildman–Crippen MR) is 159 cm³/mol. The molecule has 0 bridgehead atoms. The zero-order valence-corrected chi connectivity index (χ0v) is 24.5. The van der Waals surface area contributed by atoms with Crippen molar-refractivity contribution in [1.29, 1.82) is 5.26 Å². The summed E-state index contributed by atoms with van der Waals surface area (Å²) in [7, 11) is 2.06. The zero-order chi connectivity index (χ0) is 27.9. The number of nitrogens with one attached hydrogen (secondary N) is 1. The number of Topliss-reactive ketones (excluding diaryl/α,β-unsaturated/α-hetero) is 1. The number of aromatic nitrogens is 2. The molecule has 4 atom stereocenters. The average Bonchev–Trinajstić information content (AvgIpc) is 3.70. The molecule has 4 unspecified atom stereocenters. The molecule has 4 aliphatic carbocycles. The van der Waals surface area contributed by atoms with E-state index in [0.29, 0.717) is 35.6 Å². The minimum atomic E-state index is -0.327. The summed E-state index contributed by atoms with van der Waals surface area (Å²) in [6.07, 6.45) is 9.78. The van der Waals surface area contributed by atoms with E-state index in [-0.39, 0.29) is 16.2 Å². The van der Waals surface area contributed by atoms with Crippen molar-refractivity contribution < 1.29 is 4.79 Å². The van der Waals surface area contributed by atoms with Crippen LogP contribution in [0.3, 0.4) is 0 Å². The van der Waals surface area contributed by atoms with E-state index in [1.54, 1.807) is 0 Å². The van der Waals surface area contributed by atoms with Crippen molar-refractivity contribution in [3.8, 4) is 6.07 Å². The molecule has 40 heavy (non-hydrogen) atoms. The summed E-state index contributed by atoms with van der Waals surface area (Å²) in [6, 6.07) is 16.3. The van der Waals surface area contributed by atoms with E-state index in [0.717, 1.165) is 41.3 Å². The standard InChI is InChI=1S/C35H42N4O/c1-22-9-16-29-33(2,3)35(29,31(22)24-7-5-6-8-24)32(40)34(17-18-34)25-12-15-28-27(19-25)38-30(39(28)4)21-37-26-13-10-23(20-36)11-14-26/h10-15,19,22,24,29,31,37H,5-9,16-18,21H2,1-4H3. The van der Waals surface area contributed by atoms with Crippen LogP contribution >= 0.6 is 0 Å². The number of hydrogen-bond donors (Lipinski definition) is 1. The van der Waals surface area contributed by atoms with E-state index in [1.807, 2.05) is 24.3 Å². The smallest absolute Gasteiger partial charge is 0.150 e. The molecule has 4 fully saturated rings. The van der Waals surface area contributed by atoms with Crippen LogP contribution in [0.2, 0.25) is 0 Å². The molecule has 0 aliphatic heterocycles. The Morgan fingerprint density at radius 1 is 1.07 bits per heavy atom. The highest BCUT2D eigenvalue weighted by Crippen LogP contribution is 2.81. The van der Waals surface area contributed by atoms with Crippen molar-refractivity contribution in [1.82, 2.24) is 9.55 Å². The number of fused-ring (bicyclic) bond motifs is 2. The second kappa shape index (κ2) is 8.93. The first-order valence-electron chi connectivity index (χ1n) is 15.5. The number of carbonyl (C=O) groups excluding carboxylic acids is 1. The highest BCUT2D eigenvalue weighted by molar-refractivity contribution is 6.02. The number of rotatable bonds is 7. The predicted octanol–water partition coefficient (Wildman–Crippen LogP) is 7.54. The van der Waals surface area contributed by atoms with Crippen molar-refractivity contribution in [2.75, 3.05) is 5.32 Å². The first-order valence-corrected chi connectivity index (χ1v) is 15.5. The van der Waals surface area contributed by atoms with Crippen LogP contribution in [0.5, 0.6) is 0 Å². The third-order valence-electron chi connectivity index (χ3n) is 11.9. The number of carbonyl (C=O) groups is 1. The molecule has 2 aromatic carbocycles. The third-order valence-corrected chi connectivity index (χ3v) is 11.9. The topological polar surface area (TPSA) is 70.7 Å². The summed E-state index contributed by atoms with van der Waals surface area (Å²) in [4.78, 5) is 20.1. The molecule has 1 N–H and O–H groups in total. The summed E-state index contributed by atoms with van der Waals surface area (Å²) < 4.78 is 2.15. The van der Waals surface area contributed by atoms with Crippen LogP contribution in [0, 0.1) is 45.8 Å². The van der Waals surface area contributed by atoms with Gasteiger partial charge in [-0.1, -0.05) is 58.9 Å². The summed E-state index contributed by atoms with van der Waals surface area (Å²) in [5.74, 6) is 4.00. The maximum absolute atomic E-state index is 15.0. The van der Waals surface area contributed by atoms with Gasteiger partial charge in [0.25, 0.3) is 0 Å². The number of nitrogens with zero attached hydrogens (tertiary/aromatic N) is 3. The maximum Gasteiger partial charge on any atom is 0.150 e. The molecule has 0 amide bonds. The van der Waals surface area contributed by atoms with Gasteiger partial charge in [-0.15, -0.1) is 0 Å². The van der Waals surface area contributed by atoms with Gasteiger partial charge in [0.2, 0.25) is 0 Å². The monoisotopic (exact) mass is 534 g/mol. The van der Waals surface area contributed by atoms with E-state index >= 15 is 4.79 Å². The Morgan fingerprint density at radius 3 is 2.48 bits per heavy atom. The Balaban J connectivity index is 1.19. The van der Waals surface area contributed by atoms with Crippen LogP contribution in [0.1, 0.15) is 89.1 Å². The van der Waals surface area contributed by atoms with E-state index in [9.17, 15) is 0 Å². The molecule has 5 heteroatoms. The van der Waals surface area contributed by atoms with Gasteiger partial charge in [0.05, 0.1) is 34.6 Å². The van der Waals surface area contributed by atoms with Gasteiger partial charge in [-0.25, -0.2) is 4.98 Å². The van der Waals surface area contributed by atoms with Crippen LogP contribution in [0.15, 0.2) is 42.5 Å². The molecular weight excluding hydrogens is 492 g/mol. The number of nitriles is 1. The van der Waals surface area contributed by atoms with Crippen molar-refractivity contribution >= 4 is 22.5 Å². The molecule has 0 saturated heterocycles. The maximum atomic E-state index is 15.0. The van der Waals surface area contributed by atoms with E-state index in [1.165, 1.54) is 44.1 Å². The highest BCUT2D eigenvalue weighted by Gasteiger charge is 2.82. The lowest BCUT2D eigenvalue weighted by molar-refractivity contribution is -0.134. The average molecular weight is 535 g/mol. The fraction of sp³-hybridized carbons (Fsp3) is 0.571. The summed E-state index contributed by atoms with van der Waals surface area (Å²) in [6.45, 7) is 7.88. The van der Waals surface area contributed by atoms with Gasteiger partial charge in [-0.2, -0.15) is 5.26 Å². The zero-order valence-electron chi connectivity index (χ0n) is 24.5. The Morgan fingerprint density at radius 2 is 1.80 bits per heavy atom. The number of benzene rings is 2. The largest absolute Gasteiger partial charge is 0.378 e. The molecule has 5 nitrogen and oxygen atoms in total. The molecule has 0 spiro atoms. The molecule has 4 aliphatic rings. The van der Waals surface area contributed by atoms with Crippen molar-refractivity contribution in [3.05, 3.63) is 59.4 Å². The number of aryl methyl sites for hydroxylation is 1. The van der Waals surface area contributed by atoms with Gasteiger partial charge in [-0.05, 0) is 90.3 Å². The number of anilines is 1. The van der Waals surface area contributed by atoms with Crippen LogP contribution in [0.25, 0.3) is 11.0 Å². The number of ketones is 1. The van der Waals surface area contributed by atoms with Crippen LogP contribution in [-0.2, 0) is 23.8 Å². The number of imidazole rings is 1. The van der Waals surface area contributed by atoms with E-state index in [4.69, 9.17) is 10.2 Å². The second-order valence-corrected chi connectivity index (χ2v) is 14.0. The van der Waals surface area contributed by atoms with Gasteiger partial charge in [0.15, 0.2) is 5.78 Å². The minimum Gasteiger partial charge on any atom is -0.378 e. The van der Waals surface area contributed by atoms with Gasteiger partial charge < -0.3 is 9.88 Å². The lowest BCUT2D eigenvalue weighted by Crippen LogP contribution is -2.45. The van der Waals surface area contributed by atoms with Crippen molar-refractivity contribution in [3.63, 3.8) is 0 Å². The summed E-state index contributed by atoms with van der Waals surface area (Å²) in [5.41, 5.74) is 4.52. The van der Waals surface area contributed by atoms with Crippen LogP contribution < -0.4 is 5.32 Å². The first kappa shape index (κ1) is 25.8. The van der Waals surface area contributed by atoms with Crippen molar-refractivity contribution in [2.24, 2.45) is 41.5 Å². The Bertz CT molecular complexity index is 1520. The normalized spacial score (nSPS) is 30.0. The molecule has 7 rings (SSSR count). The van der Waals surface area contributed by atoms with Crippen LogP contribution in [-0.4, -0.2) is 15.3 Å². The Hall–Kier alpha value is -3.13. The second-order valence-electron chi connectivity index (χ2n) is 14.0. The molecule has 4 saturated carbocycles. The molecule has 1 aromatic heterocycles.